The van der Waals surface area contributed by atoms with Crippen molar-refractivity contribution in [2.45, 2.75) is 30.8 Å². The second-order valence-corrected chi connectivity index (χ2v) is 5.34. The lowest BCUT2D eigenvalue weighted by atomic mass is 9.93. The minimum absolute atomic E-state index is 0.134. The van der Waals surface area contributed by atoms with Crippen molar-refractivity contribution in [3.8, 4) is 0 Å². The summed E-state index contributed by atoms with van der Waals surface area (Å²) in [7, 11) is 3.12. The molecule has 0 aliphatic carbocycles. The molecule has 2 saturated heterocycles. The molecule has 5 heteroatoms. The number of hydrogen-bond donors (Lipinski definition) is 0. The molecule has 2 heterocycles. The Morgan fingerprint density at radius 1 is 1.47 bits per heavy atom. The zero-order valence-corrected chi connectivity index (χ0v) is 11.8. The largest absolute Gasteiger partial charge is 0.468 e. The number of nitrogens with zero attached hydrogens (tertiary/aromatic N) is 1. The van der Waals surface area contributed by atoms with Crippen LogP contribution in [0.25, 0.3) is 0 Å². The monoisotopic (exact) mass is 269 g/mol. The molecule has 0 spiro atoms. The van der Waals surface area contributed by atoms with Crippen LogP contribution in [0.3, 0.4) is 0 Å². The van der Waals surface area contributed by atoms with Crippen LogP contribution in [0.4, 0.5) is 0 Å². The third-order valence-corrected chi connectivity index (χ3v) is 4.13. The van der Waals surface area contributed by atoms with E-state index in [2.05, 4.69) is 11.5 Å². The summed E-state index contributed by atoms with van der Waals surface area (Å²) in [6.45, 7) is 6.63. The Bertz CT molecular complexity index is 357. The van der Waals surface area contributed by atoms with Crippen LogP contribution in [0, 0.1) is 0 Å². The fourth-order valence-corrected chi connectivity index (χ4v) is 3.25. The van der Waals surface area contributed by atoms with Gasteiger partial charge in [-0.3, -0.25) is 9.69 Å². The van der Waals surface area contributed by atoms with Crippen LogP contribution in [0.2, 0.25) is 0 Å². The Morgan fingerprint density at radius 3 is 2.95 bits per heavy atom. The Kier molecular flexibility index (Phi) is 4.60. The minimum Gasteiger partial charge on any atom is -0.468 e. The third-order valence-electron chi connectivity index (χ3n) is 4.13. The highest BCUT2D eigenvalue weighted by Crippen LogP contribution is 2.44. The van der Waals surface area contributed by atoms with Gasteiger partial charge in [0.2, 0.25) is 0 Å². The maximum Gasteiger partial charge on any atom is 0.326 e. The number of hydrogen-bond acceptors (Lipinski definition) is 5. The Morgan fingerprint density at radius 2 is 2.26 bits per heavy atom. The van der Waals surface area contributed by atoms with E-state index in [4.69, 9.17) is 14.2 Å². The molecule has 0 saturated carbocycles. The summed E-state index contributed by atoms with van der Waals surface area (Å²) in [6, 6.07) is 0.273. The Balaban J connectivity index is 1.98. The maximum absolute atomic E-state index is 12.1. The van der Waals surface area contributed by atoms with Crippen LogP contribution in [0.5, 0.6) is 0 Å². The molecule has 108 valence electrons. The first kappa shape index (κ1) is 14.5. The summed E-state index contributed by atoms with van der Waals surface area (Å²) in [5, 5.41) is 0. The number of carbonyl (C=O) groups excluding carboxylic acids is 1. The predicted molar refractivity (Wildman–Crippen MR) is 70.9 cm³/mol. The summed E-state index contributed by atoms with van der Waals surface area (Å²) in [5.74, 6) is -0.134. The van der Waals surface area contributed by atoms with Crippen molar-refractivity contribution in [2.24, 2.45) is 0 Å². The number of ether oxygens (including phenoxy) is 3. The molecule has 2 aliphatic heterocycles. The van der Waals surface area contributed by atoms with Crippen LogP contribution in [0.15, 0.2) is 12.2 Å². The zero-order valence-electron chi connectivity index (χ0n) is 11.8. The number of esters is 1. The first-order valence-electron chi connectivity index (χ1n) is 6.72. The van der Waals surface area contributed by atoms with Gasteiger partial charge >= 0.3 is 5.97 Å². The van der Waals surface area contributed by atoms with Crippen molar-refractivity contribution in [1.29, 1.82) is 0 Å². The number of fused-ring (bicyclic) bond motifs is 1. The molecule has 2 aliphatic rings. The zero-order chi connectivity index (χ0) is 13.9. The average Bonchev–Trinajstić information content (AvgIpc) is 2.90. The van der Waals surface area contributed by atoms with Gasteiger partial charge in [-0.2, -0.15) is 0 Å². The minimum atomic E-state index is -0.485. The van der Waals surface area contributed by atoms with Crippen molar-refractivity contribution in [3.05, 3.63) is 12.2 Å². The molecule has 2 atom stereocenters. The molecule has 0 unspecified atom stereocenters. The molecular formula is C14H23NO4. The van der Waals surface area contributed by atoms with Crippen molar-refractivity contribution in [2.75, 3.05) is 40.6 Å². The van der Waals surface area contributed by atoms with E-state index >= 15 is 0 Å². The summed E-state index contributed by atoms with van der Waals surface area (Å²) >= 11 is 0. The lowest BCUT2D eigenvalue weighted by molar-refractivity contribution is -0.152. The normalized spacial score (nSPS) is 30.6. The molecule has 0 radical (unpaired) electrons. The number of rotatable bonds is 6. The second-order valence-electron chi connectivity index (χ2n) is 5.34. The van der Waals surface area contributed by atoms with Gasteiger partial charge in [0.05, 0.1) is 26.9 Å². The first-order chi connectivity index (χ1) is 9.14. The van der Waals surface area contributed by atoms with Gasteiger partial charge in [-0.25, -0.2) is 0 Å². The summed E-state index contributed by atoms with van der Waals surface area (Å²) in [6.07, 6.45) is 2.51. The quantitative estimate of drug-likeness (QED) is 0.409. The van der Waals surface area contributed by atoms with Gasteiger partial charge < -0.3 is 14.2 Å². The van der Waals surface area contributed by atoms with E-state index in [0.29, 0.717) is 26.2 Å². The van der Waals surface area contributed by atoms with Gasteiger partial charge in [-0.1, -0.05) is 12.2 Å². The highest BCUT2D eigenvalue weighted by molar-refractivity contribution is 5.82. The summed E-state index contributed by atoms with van der Waals surface area (Å²) < 4.78 is 15.6. The molecular weight excluding hydrogens is 246 g/mol. The van der Waals surface area contributed by atoms with Crippen LogP contribution in [0.1, 0.15) is 19.3 Å². The van der Waals surface area contributed by atoms with Gasteiger partial charge in [0.1, 0.15) is 5.54 Å². The van der Waals surface area contributed by atoms with Crippen LogP contribution < -0.4 is 0 Å². The van der Waals surface area contributed by atoms with E-state index in [0.717, 1.165) is 25.0 Å². The van der Waals surface area contributed by atoms with E-state index in [1.807, 2.05) is 0 Å². The van der Waals surface area contributed by atoms with Crippen LogP contribution >= 0.6 is 0 Å². The topological polar surface area (TPSA) is 48.0 Å². The SMILES string of the molecule is C=C1CN2[C@H](COCCOC)CC[C@@]2(C(=O)OC)C1. The second kappa shape index (κ2) is 6.03. The van der Waals surface area contributed by atoms with Gasteiger partial charge in [0.25, 0.3) is 0 Å². The summed E-state index contributed by atoms with van der Waals surface area (Å²) in [5.41, 5.74) is 0.619. The van der Waals surface area contributed by atoms with Gasteiger partial charge in [-0.15, -0.1) is 0 Å². The van der Waals surface area contributed by atoms with Gasteiger partial charge in [0.15, 0.2) is 0 Å². The Labute approximate surface area is 114 Å². The predicted octanol–water partition coefficient (Wildman–Crippen LogP) is 0.985. The van der Waals surface area contributed by atoms with Crippen LogP contribution in [-0.4, -0.2) is 63.0 Å². The van der Waals surface area contributed by atoms with Gasteiger partial charge in [0, 0.05) is 19.7 Å². The average molecular weight is 269 g/mol. The van der Waals surface area contributed by atoms with Crippen LogP contribution in [-0.2, 0) is 19.0 Å². The number of methoxy groups -OCH3 is 2. The molecule has 0 bridgehead atoms. The van der Waals surface area contributed by atoms with Crippen molar-refractivity contribution >= 4 is 5.97 Å². The van der Waals surface area contributed by atoms with E-state index in [-0.39, 0.29) is 12.0 Å². The standard InChI is InChI=1S/C14H23NO4/c1-11-8-14(13(16)18-3)5-4-12(15(14)9-11)10-19-7-6-17-2/h12H,1,4-10H2,2-3H3/t12-,14-/m0/s1. The molecule has 19 heavy (non-hydrogen) atoms. The Hall–Kier alpha value is -0.910. The highest BCUT2D eigenvalue weighted by atomic mass is 16.5. The van der Waals surface area contributed by atoms with Crippen molar-refractivity contribution < 1.29 is 19.0 Å². The molecule has 0 aromatic rings. The highest BCUT2D eigenvalue weighted by Gasteiger charge is 2.56. The van der Waals surface area contributed by atoms with E-state index in [1.54, 1.807) is 7.11 Å². The first-order valence-corrected chi connectivity index (χ1v) is 6.72. The molecule has 2 fully saturated rings. The molecule has 0 aromatic carbocycles. The number of carbonyl (C=O) groups is 1. The molecule has 0 amide bonds. The summed E-state index contributed by atoms with van der Waals surface area (Å²) in [4.78, 5) is 14.3. The lowest BCUT2D eigenvalue weighted by Gasteiger charge is -2.31. The smallest absolute Gasteiger partial charge is 0.326 e. The van der Waals surface area contributed by atoms with E-state index < -0.39 is 5.54 Å². The van der Waals surface area contributed by atoms with E-state index in [9.17, 15) is 4.79 Å². The fourth-order valence-electron chi connectivity index (χ4n) is 3.25. The molecule has 2 rings (SSSR count). The van der Waals surface area contributed by atoms with Crippen molar-refractivity contribution in [3.63, 3.8) is 0 Å². The molecule has 5 nitrogen and oxygen atoms in total. The third kappa shape index (κ3) is 2.68. The maximum atomic E-state index is 12.1. The molecule has 0 aromatic heterocycles. The van der Waals surface area contributed by atoms with E-state index in [1.165, 1.54) is 7.11 Å². The molecule has 0 N–H and O–H groups in total. The van der Waals surface area contributed by atoms with Crippen molar-refractivity contribution in [1.82, 2.24) is 4.90 Å². The van der Waals surface area contributed by atoms with Gasteiger partial charge in [-0.05, 0) is 19.3 Å². The lowest BCUT2D eigenvalue weighted by Crippen LogP contribution is -2.50. The fraction of sp³-hybridized carbons (Fsp3) is 0.786.